The minimum atomic E-state index is -0.942. The van der Waals surface area contributed by atoms with Crippen molar-refractivity contribution in [3.8, 4) is 5.75 Å². The average molecular weight is 222 g/mol. The largest absolute Gasteiger partial charge is 0.497 e. The molecule has 0 aliphatic rings. The number of rotatable bonds is 6. The summed E-state index contributed by atoms with van der Waals surface area (Å²) in [6, 6.07) is 7.16. The van der Waals surface area contributed by atoms with Crippen molar-refractivity contribution in [2.24, 2.45) is 5.92 Å². The number of ether oxygens (including phenoxy) is 1. The molecule has 0 aliphatic heterocycles. The lowest BCUT2D eigenvalue weighted by molar-refractivity contribution is -0.142. The Morgan fingerprint density at radius 3 is 2.50 bits per heavy atom. The topological polar surface area (TPSA) is 63.6 Å². The lowest BCUT2D eigenvalue weighted by Gasteiger charge is -2.09. The highest BCUT2D eigenvalue weighted by Gasteiger charge is 2.17. The minimum Gasteiger partial charge on any atom is -0.497 e. The Morgan fingerprint density at radius 1 is 1.44 bits per heavy atom. The van der Waals surface area contributed by atoms with E-state index in [0.717, 1.165) is 11.3 Å². The number of aldehydes is 1. The zero-order valence-electron chi connectivity index (χ0n) is 9.05. The Labute approximate surface area is 93.9 Å². The monoisotopic (exact) mass is 222 g/mol. The van der Waals surface area contributed by atoms with Gasteiger partial charge in [0.15, 0.2) is 0 Å². The second-order valence-corrected chi connectivity index (χ2v) is 3.49. The van der Waals surface area contributed by atoms with E-state index in [1.54, 1.807) is 31.4 Å². The van der Waals surface area contributed by atoms with Gasteiger partial charge in [0.05, 0.1) is 13.0 Å². The molecule has 4 heteroatoms. The molecule has 0 spiro atoms. The SMILES string of the molecule is COc1ccc(CC(CC=O)C(=O)O)cc1. The van der Waals surface area contributed by atoms with Crippen molar-refractivity contribution in [1.29, 1.82) is 0 Å². The van der Waals surface area contributed by atoms with Gasteiger partial charge in [-0.1, -0.05) is 12.1 Å². The maximum absolute atomic E-state index is 10.8. The molecule has 1 aromatic rings. The van der Waals surface area contributed by atoms with Crippen LogP contribution >= 0.6 is 0 Å². The molecular weight excluding hydrogens is 208 g/mol. The molecule has 0 fully saturated rings. The van der Waals surface area contributed by atoms with Crippen LogP contribution in [0, 0.1) is 5.92 Å². The maximum atomic E-state index is 10.8. The number of methoxy groups -OCH3 is 1. The standard InChI is InChI=1S/C12H14O4/c1-16-11-4-2-9(3-5-11)8-10(6-7-13)12(14)15/h2-5,7,10H,6,8H2,1H3,(H,14,15). The number of carboxylic acid groups (broad SMARTS) is 1. The Kier molecular flexibility index (Phi) is 4.51. The molecule has 1 aromatic carbocycles. The van der Waals surface area contributed by atoms with E-state index >= 15 is 0 Å². The van der Waals surface area contributed by atoms with Gasteiger partial charge in [-0.15, -0.1) is 0 Å². The first kappa shape index (κ1) is 12.2. The van der Waals surface area contributed by atoms with E-state index < -0.39 is 11.9 Å². The first-order valence-electron chi connectivity index (χ1n) is 4.96. The number of hydrogen-bond acceptors (Lipinski definition) is 3. The fourth-order valence-electron chi connectivity index (χ4n) is 1.43. The minimum absolute atomic E-state index is 0.0430. The van der Waals surface area contributed by atoms with Crippen LogP contribution in [0.5, 0.6) is 5.75 Å². The Morgan fingerprint density at radius 2 is 2.06 bits per heavy atom. The highest BCUT2D eigenvalue weighted by molar-refractivity contribution is 5.73. The van der Waals surface area contributed by atoms with E-state index in [-0.39, 0.29) is 6.42 Å². The Hall–Kier alpha value is -1.84. The first-order valence-corrected chi connectivity index (χ1v) is 4.96. The van der Waals surface area contributed by atoms with Gasteiger partial charge in [0.25, 0.3) is 0 Å². The molecule has 0 bridgehead atoms. The summed E-state index contributed by atoms with van der Waals surface area (Å²) in [5, 5.41) is 8.88. The third-order valence-electron chi connectivity index (χ3n) is 2.37. The molecule has 0 saturated carbocycles. The number of aliphatic carboxylic acids is 1. The summed E-state index contributed by atoms with van der Waals surface area (Å²) in [6.45, 7) is 0. The lowest BCUT2D eigenvalue weighted by Crippen LogP contribution is -2.16. The van der Waals surface area contributed by atoms with Gasteiger partial charge < -0.3 is 14.6 Å². The molecule has 1 N–H and O–H groups in total. The zero-order chi connectivity index (χ0) is 12.0. The molecule has 16 heavy (non-hydrogen) atoms. The molecule has 0 aromatic heterocycles. The van der Waals surface area contributed by atoms with Gasteiger partial charge >= 0.3 is 5.97 Å². The van der Waals surface area contributed by atoms with Gasteiger partial charge in [-0.2, -0.15) is 0 Å². The van der Waals surface area contributed by atoms with Gasteiger partial charge in [0.2, 0.25) is 0 Å². The van der Waals surface area contributed by atoms with Crippen LogP contribution in [-0.4, -0.2) is 24.5 Å². The lowest BCUT2D eigenvalue weighted by atomic mass is 9.97. The van der Waals surface area contributed by atoms with Crippen molar-refractivity contribution in [2.75, 3.05) is 7.11 Å². The van der Waals surface area contributed by atoms with E-state index in [1.807, 2.05) is 0 Å². The number of carboxylic acids is 1. The van der Waals surface area contributed by atoms with Crippen molar-refractivity contribution < 1.29 is 19.4 Å². The van der Waals surface area contributed by atoms with Crippen molar-refractivity contribution >= 4 is 12.3 Å². The van der Waals surface area contributed by atoms with Crippen LogP contribution in [0.3, 0.4) is 0 Å². The van der Waals surface area contributed by atoms with Crippen LogP contribution in [-0.2, 0) is 16.0 Å². The molecule has 4 nitrogen and oxygen atoms in total. The Balaban J connectivity index is 2.69. The summed E-state index contributed by atoms with van der Waals surface area (Å²) in [5.74, 6) is -0.861. The highest BCUT2D eigenvalue weighted by Crippen LogP contribution is 2.16. The second-order valence-electron chi connectivity index (χ2n) is 3.49. The normalized spacial score (nSPS) is 11.8. The second kappa shape index (κ2) is 5.90. The number of carbonyl (C=O) groups is 2. The molecule has 86 valence electrons. The molecule has 0 radical (unpaired) electrons. The summed E-state index contributed by atoms with van der Waals surface area (Å²) in [7, 11) is 1.57. The third kappa shape index (κ3) is 3.38. The Bertz CT molecular complexity index is 356. The van der Waals surface area contributed by atoms with Crippen LogP contribution in [0.2, 0.25) is 0 Å². The molecule has 0 saturated heterocycles. The molecule has 0 heterocycles. The van der Waals surface area contributed by atoms with E-state index in [9.17, 15) is 9.59 Å². The van der Waals surface area contributed by atoms with E-state index in [4.69, 9.17) is 9.84 Å². The molecule has 0 amide bonds. The molecule has 1 rings (SSSR count). The van der Waals surface area contributed by atoms with Crippen LogP contribution < -0.4 is 4.74 Å². The summed E-state index contributed by atoms with van der Waals surface area (Å²) in [5.41, 5.74) is 0.884. The number of benzene rings is 1. The van der Waals surface area contributed by atoms with Gasteiger partial charge in [0.1, 0.15) is 12.0 Å². The van der Waals surface area contributed by atoms with Crippen molar-refractivity contribution in [3.63, 3.8) is 0 Å². The molecule has 0 aliphatic carbocycles. The highest BCUT2D eigenvalue weighted by atomic mass is 16.5. The van der Waals surface area contributed by atoms with Crippen molar-refractivity contribution in [2.45, 2.75) is 12.8 Å². The fraction of sp³-hybridized carbons (Fsp3) is 0.333. The predicted octanol–water partition coefficient (Wildman–Crippen LogP) is 1.53. The molecule has 1 atom stereocenters. The van der Waals surface area contributed by atoms with Crippen LogP contribution in [0.15, 0.2) is 24.3 Å². The first-order chi connectivity index (χ1) is 7.67. The van der Waals surface area contributed by atoms with Gasteiger partial charge in [-0.05, 0) is 24.1 Å². The van der Waals surface area contributed by atoms with Gasteiger partial charge in [-0.25, -0.2) is 0 Å². The quantitative estimate of drug-likeness (QED) is 0.741. The average Bonchev–Trinajstić information content (AvgIpc) is 2.29. The zero-order valence-corrected chi connectivity index (χ0v) is 9.05. The van der Waals surface area contributed by atoms with Gasteiger partial charge in [-0.3, -0.25) is 4.79 Å². The number of hydrogen-bond donors (Lipinski definition) is 1. The predicted molar refractivity (Wildman–Crippen MR) is 58.5 cm³/mol. The van der Waals surface area contributed by atoms with Crippen molar-refractivity contribution in [1.82, 2.24) is 0 Å². The molecule has 1 unspecified atom stereocenters. The summed E-state index contributed by atoms with van der Waals surface area (Å²) >= 11 is 0. The van der Waals surface area contributed by atoms with Gasteiger partial charge in [0, 0.05) is 6.42 Å². The third-order valence-corrected chi connectivity index (χ3v) is 2.37. The van der Waals surface area contributed by atoms with E-state index in [1.165, 1.54) is 0 Å². The molecular formula is C12H14O4. The summed E-state index contributed by atoms with van der Waals surface area (Å²) < 4.78 is 5.00. The summed E-state index contributed by atoms with van der Waals surface area (Å²) in [6.07, 6.45) is 1.04. The van der Waals surface area contributed by atoms with Crippen LogP contribution in [0.25, 0.3) is 0 Å². The summed E-state index contributed by atoms with van der Waals surface area (Å²) in [4.78, 5) is 21.2. The van der Waals surface area contributed by atoms with E-state index in [2.05, 4.69) is 0 Å². The van der Waals surface area contributed by atoms with Crippen molar-refractivity contribution in [3.05, 3.63) is 29.8 Å². The maximum Gasteiger partial charge on any atom is 0.307 e. The van der Waals surface area contributed by atoms with Crippen LogP contribution in [0.1, 0.15) is 12.0 Å². The fourth-order valence-corrected chi connectivity index (χ4v) is 1.43. The van der Waals surface area contributed by atoms with E-state index in [0.29, 0.717) is 12.7 Å². The smallest absolute Gasteiger partial charge is 0.307 e. The number of carbonyl (C=O) groups excluding carboxylic acids is 1. The van der Waals surface area contributed by atoms with Crippen LogP contribution in [0.4, 0.5) is 0 Å².